The van der Waals surface area contributed by atoms with Crippen molar-refractivity contribution in [1.29, 1.82) is 0 Å². The van der Waals surface area contributed by atoms with E-state index in [1.807, 2.05) is 13.0 Å². The first-order chi connectivity index (χ1) is 10.2. The number of piperidine rings is 1. The molecular weight excluding hydrogens is 399 g/mol. The predicted octanol–water partition coefficient (Wildman–Crippen LogP) is 1.64. The Bertz CT molecular complexity index is 470. The number of ether oxygens (including phenoxy) is 1. The Morgan fingerprint density at radius 1 is 1.55 bits per heavy atom. The van der Waals surface area contributed by atoms with E-state index in [9.17, 15) is 4.79 Å². The number of hydrogen-bond acceptors (Lipinski definition) is 5. The van der Waals surface area contributed by atoms with E-state index in [1.165, 1.54) is 0 Å². The molecule has 124 valence electrons. The molecule has 0 amide bonds. The van der Waals surface area contributed by atoms with E-state index in [0.717, 1.165) is 37.6 Å². The summed E-state index contributed by atoms with van der Waals surface area (Å²) in [4.78, 5) is 18.1. The molecule has 2 rings (SSSR count). The van der Waals surface area contributed by atoms with Gasteiger partial charge in [0, 0.05) is 26.2 Å². The molecule has 0 atom stereocenters. The fraction of sp³-hybridized carbons (Fsp3) is 0.643. The van der Waals surface area contributed by atoms with Gasteiger partial charge in [-0.25, -0.2) is 0 Å². The summed E-state index contributed by atoms with van der Waals surface area (Å²) in [6, 6.07) is 1.81. The number of nitrogens with zero attached hydrogens (tertiary/aromatic N) is 3. The zero-order chi connectivity index (χ0) is 15.1. The van der Waals surface area contributed by atoms with Crippen LogP contribution < -0.4 is 5.32 Å². The molecule has 0 aliphatic carbocycles. The number of aliphatic imine (C=N–C) groups is 1. The molecule has 0 aromatic carbocycles. The van der Waals surface area contributed by atoms with Crippen LogP contribution in [-0.4, -0.2) is 48.7 Å². The maximum atomic E-state index is 11.7. The third-order valence-corrected chi connectivity index (χ3v) is 3.55. The number of esters is 1. The van der Waals surface area contributed by atoms with Crippen molar-refractivity contribution in [2.24, 2.45) is 10.9 Å². The first-order valence-corrected chi connectivity index (χ1v) is 7.26. The normalized spacial score (nSPS) is 16.1. The van der Waals surface area contributed by atoms with Crippen molar-refractivity contribution < 1.29 is 14.1 Å². The largest absolute Gasteiger partial charge is 0.466 e. The van der Waals surface area contributed by atoms with E-state index in [2.05, 4.69) is 20.4 Å². The number of rotatable bonds is 4. The summed E-state index contributed by atoms with van der Waals surface area (Å²) in [7, 11) is 1.75. The van der Waals surface area contributed by atoms with Crippen LogP contribution in [0.25, 0.3) is 0 Å². The molecule has 7 nitrogen and oxygen atoms in total. The molecule has 1 aliphatic rings. The average molecular weight is 422 g/mol. The van der Waals surface area contributed by atoms with Crippen molar-refractivity contribution in [3.8, 4) is 0 Å². The van der Waals surface area contributed by atoms with Crippen LogP contribution in [0.2, 0.25) is 0 Å². The third kappa shape index (κ3) is 5.15. The summed E-state index contributed by atoms with van der Waals surface area (Å²) < 4.78 is 9.87. The lowest BCUT2D eigenvalue weighted by atomic mass is 9.97. The molecule has 0 radical (unpaired) electrons. The van der Waals surface area contributed by atoms with Crippen LogP contribution in [0.15, 0.2) is 21.8 Å². The minimum absolute atomic E-state index is 0. The van der Waals surface area contributed by atoms with Crippen LogP contribution in [0.3, 0.4) is 0 Å². The van der Waals surface area contributed by atoms with Gasteiger partial charge < -0.3 is 19.5 Å². The Balaban J connectivity index is 0.00000242. The maximum absolute atomic E-state index is 11.7. The number of hydrogen-bond donors (Lipinski definition) is 1. The van der Waals surface area contributed by atoms with Crippen LogP contribution in [0.5, 0.6) is 0 Å². The van der Waals surface area contributed by atoms with Crippen molar-refractivity contribution in [3.05, 3.63) is 18.0 Å². The summed E-state index contributed by atoms with van der Waals surface area (Å²) >= 11 is 0. The number of aromatic nitrogens is 1. The van der Waals surface area contributed by atoms with Gasteiger partial charge in [0.25, 0.3) is 0 Å². The van der Waals surface area contributed by atoms with Crippen molar-refractivity contribution >= 4 is 35.9 Å². The number of likely N-dealkylation sites (tertiary alicyclic amines) is 1. The van der Waals surface area contributed by atoms with E-state index in [4.69, 9.17) is 9.26 Å². The van der Waals surface area contributed by atoms with Gasteiger partial charge in [-0.1, -0.05) is 5.16 Å². The van der Waals surface area contributed by atoms with Crippen LogP contribution in [-0.2, 0) is 16.1 Å². The molecule has 1 saturated heterocycles. The highest BCUT2D eigenvalue weighted by molar-refractivity contribution is 14.0. The highest BCUT2D eigenvalue weighted by atomic mass is 127. The summed E-state index contributed by atoms with van der Waals surface area (Å²) in [5, 5.41) is 7.10. The fourth-order valence-electron chi connectivity index (χ4n) is 2.42. The Hall–Kier alpha value is -1.32. The lowest BCUT2D eigenvalue weighted by Crippen LogP contribution is -2.46. The Labute approximate surface area is 147 Å². The van der Waals surface area contributed by atoms with Crippen molar-refractivity contribution in [2.75, 3.05) is 26.7 Å². The van der Waals surface area contributed by atoms with Gasteiger partial charge in [-0.3, -0.25) is 9.79 Å². The van der Waals surface area contributed by atoms with Gasteiger partial charge in [0.1, 0.15) is 12.0 Å². The molecule has 0 saturated carbocycles. The van der Waals surface area contributed by atoms with E-state index in [-0.39, 0.29) is 35.9 Å². The van der Waals surface area contributed by atoms with Crippen molar-refractivity contribution in [2.45, 2.75) is 26.3 Å². The molecule has 1 N–H and O–H groups in total. The van der Waals surface area contributed by atoms with Gasteiger partial charge in [-0.05, 0) is 19.8 Å². The molecule has 0 bridgehead atoms. The number of carbonyl (C=O) groups excluding carboxylic acids is 1. The van der Waals surface area contributed by atoms with Gasteiger partial charge in [0.15, 0.2) is 5.96 Å². The Morgan fingerprint density at radius 3 is 2.82 bits per heavy atom. The lowest BCUT2D eigenvalue weighted by molar-refractivity contribution is -0.149. The fourth-order valence-corrected chi connectivity index (χ4v) is 2.42. The number of halogens is 1. The molecular formula is C14H23IN4O3. The van der Waals surface area contributed by atoms with E-state index in [0.29, 0.717) is 13.2 Å². The molecule has 0 unspecified atom stereocenters. The molecule has 0 spiro atoms. The Kier molecular flexibility index (Phi) is 8.21. The zero-order valence-electron chi connectivity index (χ0n) is 12.9. The molecule has 8 heteroatoms. The second kappa shape index (κ2) is 9.65. The monoisotopic (exact) mass is 422 g/mol. The first kappa shape index (κ1) is 18.7. The molecule has 1 aliphatic heterocycles. The molecule has 2 heterocycles. The third-order valence-electron chi connectivity index (χ3n) is 3.55. The van der Waals surface area contributed by atoms with Gasteiger partial charge in [0.05, 0.1) is 19.1 Å². The van der Waals surface area contributed by atoms with Crippen LogP contribution in [0.1, 0.15) is 25.5 Å². The highest BCUT2D eigenvalue weighted by Crippen LogP contribution is 2.18. The maximum Gasteiger partial charge on any atom is 0.309 e. The number of nitrogens with one attached hydrogen (secondary N) is 1. The van der Waals surface area contributed by atoms with E-state index >= 15 is 0 Å². The smallest absolute Gasteiger partial charge is 0.309 e. The number of carbonyl (C=O) groups is 1. The summed E-state index contributed by atoms with van der Waals surface area (Å²) in [6.45, 7) is 4.44. The Morgan fingerprint density at radius 2 is 2.27 bits per heavy atom. The molecule has 22 heavy (non-hydrogen) atoms. The van der Waals surface area contributed by atoms with Crippen LogP contribution in [0.4, 0.5) is 0 Å². The lowest BCUT2D eigenvalue weighted by Gasteiger charge is -2.33. The van der Waals surface area contributed by atoms with Gasteiger partial charge in [-0.15, -0.1) is 24.0 Å². The minimum atomic E-state index is -0.0808. The van der Waals surface area contributed by atoms with Gasteiger partial charge in [-0.2, -0.15) is 0 Å². The number of guanidine groups is 1. The van der Waals surface area contributed by atoms with Crippen molar-refractivity contribution in [1.82, 2.24) is 15.4 Å². The quantitative estimate of drug-likeness (QED) is 0.344. The highest BCUT2D eigenvalue weighted by Gasteiger charge is 2.27. The SMILES string of the molecule is CCOC(=O)C1CCN(C(=NC)NCc2ccon2)CC1.I. The zero-order valence-corrected chi connectivity index (χ0v) is 15.3. The second-order valence-electron chi connectivity index (χ2n) is 4.90. The standard InChI is InChI=1S/C14H22N4O3.HI/c1-3-20-13(19)11-4-7-18(8-5-11)14(15-2)16-10-12-6-9-21-17-12;/h6,9,11H,3-5,7-8,10H2,1-2H3,(H,15,16);1H. The van der Waals surface area contributed by atoms with Crippen LogP contribution in [0, 0.1) is 5.92 Å². The topological polar surface area (TPSA) is 80.0 Å². The summed E-state index contributed by atoms with van der Waals surface area (Å²) in [6.07, 6.45) is 3.14. The molecule has 1 fully saturated rings. The minimum Gasteiger partial charge on any atom is -0.466 e. The summed E-state index contributed by atoms with van der Waals surface area (Å²) in [5.41, 5.74) is 0.831. The predicted molar refractivity (Wildman–Crippen MR) is 93.0 cm³/mol. The van der Waals surface area contributed by atoms with Gasteiger partial charge in [0.2, 0.25) is 0 Å². The second-order valence-corrected chi connectivity index (χ2v) is 4.90. The first-order valence-electron chi connectivity index (χ1n) is 7.26. The molecule has 1 aromatic rings. The average Bonchev–Trinajstić information content (AvgIpc) is 3.02. The van der Waals surface area contributed by atoms with Crippen molar-refractivity contribution in [3.63, 3.8) is 0 Å². The van der Waals surface area contributed by atoms with Crippen LogP contribution >= 0.6 is 24.0 Å². The van der Waals surface area contributed by atoms with E-state index in [1.54, 1.807) is 13.3 Å². The summed E-state index contributed by atoms with van der Waals surface area (Å²) in [5.74, 6) is 0.748. The van der Waals surface area contributed by atoms with Gasteiger partial charge >= 0.3 is 5.97 Å². The van der Waals surface area contributed by atoms with E-state index < -0.39 is 0 Å². The molecule has 1 aromatic heterocycles.